The normalized spacial score (nSPS) is 9.86. The van der Waals surface area contributed by atoms with Crippen molar-refractivity contribution in [2.24, 2.45) is 0 Å². The molecule has 22 heavy (non-hydrogen) atoms. The van der Waals surface area contributed by atoms with Crippen molar-refractivity contribution in [2.75, 3.05) is 30.5 Å². The van der Waals surface area contributed by atoms with E-state index < -0.39 is 10.9 Å². The summed E-state index contributed by atoms with van der Waals surface area (Å²) in [6.07, 6.45) is 0. The standard InChI is InChI=1S/C16H17N2O3S/c17-10-14(11-18)15(12-22(8-6-19)9-7-20)16(21)13-4-2-1-3-5-13/h1-5,19-20H,6-9,12H2/q+1. The molecular formula is C16H17N2O3S+. The fraction of sp³-hybridized carbons (Fsp3) is 0.312. The minimum atomic E-state index is -0.454. The molecule has 114 valence electrons. The molecule has 1 aromatic carbocycles. The SMILES string of the molecule is N#CC(C#N)=C(C[S+](CCO)CCO)C(=O)c1ccccc1. The van der Waals surface area contributed by atoms with E-state index in [9.17, 15) is 4.79 Å². The second-order valence-corrected chi connectivity index (χ2v) is 6.71. The van der Waals surface area contributed by atoms with Gasteiger partial charge in [0.2, 0.25) is 0 Å². The molecule has 5 nitrogen and oxygen atoms in total. The number of ketones is 1. The van der Waals surface area contributed by atoms with Crippen molar-refractivity contribution < 1.29 is 15.0 Å². The van der Waals surface area contributed by atoms with Gasteiger partial charge in [-0.1, -0.05) is 30.3 Å². The number of carbonyl (C=O) groups is 1. The highest BCUT2D eigenvalue weighted by molar-refractivity contribution is 7.97. The van der Waals surface area contributed by atoms with Crippen molar-refractivity contribution in [1.29, 1.82) is 10.5 Å². The van der Waals surface area contributed by atoms with Gasteiger partial charge in [0.15, 0.2) is 5.78 Å². The van der Waals surface area contributed by atoms with Gasteiger partial charge in [-0.05, 0) is 10.9 Å². The van der Waals surface area contributed by atoms with Gasteiger partial charge in [-0.3, -0.25) is 4.79 Å². The first-order valence-electron chi connectivity index (χ1n) is 6.66. The van der Waals surface area contributed by atoms with Crippen LogP contribution in [0.25, 0.3) is 0 Å². The van der Waals surface area contributed by atoms with E-state index in [0.29, 0.717) is 17.1 Å². The summed E-state index contributed by atoms with van der Waals surface area (Å²) in [4.78, 5) is 12.6. The first kappa shape index (κ1) is 17.9. The van der Waals surface area contributed by atoms with Gasteiger partial charge in [0.1, 0.15) is 35.0 Å². The lowest BCUT2D eigenvalue weighted by molar-refractivity contribution is 0.103. The molecule has 0 spiro atoms. The van der Waals surface area contributed by atoms with Crippen LogP contribution in [-0.4, -0.2) is 46.5 Å². The summed E-state index contributed by atoms with van der Waals surface area (Å²) in [5, 5.41) is 36.3. The van der Waals surface area contributed by atoms with E-state index in [1.165, 1.54) is 0 Å². The van der Waals surface area contributed by atoms with E-state index in [1.807, 2.05) is 0 Å². The van der Waals surface area contributed by atoms with Crippen LogP contribution in [0.4, 0.5) is 0 Å². The van der Waals surface area contributed by atoms with E-state index in [4.69, 9.17) is 20.7 Å². The second kappa shape index (κ2) is 9.75. The van der Waals surface area contributed by atoms with E-state index in [2.05, 4.69) is 0 Å². The van der Waals surface area contributed by atoms with Crippen molar-refractivity contribution in [3.05, 3.63) is 47.0 Å². The lowest BCUT2D eigenvalue weighted by Gasteiger charge is -2.09. The highest BCUT2D eigenvalue weighted by atomic mass is 32.2. The molecule has 0 unspecified atom stereocenters. The molecule has 0 aliphatic rings. The maximum atomic E-state index is 12.6. The number of rotatable bonds is 8. The first-order chi connectivity index (χ1) is 10.7. The van der Waals surface area contributed by atoms with E-state index in [1.54, 1.807) is 42.5 Å². The van der Waals surface area contributed by atoms with Gasteiger partial charge < -0.3 is 10.2 Å². The predicted molar refractivity (Wildman–Crippen MR) is 85.2 cm³/mol. The van der Waals surface area contributed by atoms with Gasteiger partial charge in [-0.15, -0.1) is 0 Å². The quantitative estimate of drug-likeness (QED) is 0.319. The van der Waals surface area contributed by atoms with Crippen LogP contribution in [0.2, 0.25) is 0 Å². The Balaban J connectivity index is 3.16. The number of nitriles is 2. The Morgan fingerprint density at radius 2 is 1.59 bits per heavy atom. The fourth-order valence-corrected chi connectivity index (χ4v) is 3.58. The summed E-state index contributed by atoms with van der Waals surface area (Å²) in [7, 11) is -0.454. The molecule has 0 aliphatic heterocycles. The van der Waals surface area contributed by atoms with Crippen LogP contribution in [0, 0.1) is 22.7 Å². The summed E-state index contributed by atoms with van der Waals surface area (Å²) in [5.74, 6) is 0.713. The molecule has 6 heteroatoms. The number of carbonyl (C=O) groups excluding carboxylic acids is 1. The first-order valence-corrected chi connectivity index (χ1v) is 8.40. The summed E-state index contributed by atoms with van der Waals surface area (Å²) in [6.45, 7) is -0.130. The van der Waals surface area contributed by atoms with Gasteiger partial charge in [0, 0.05) is 5.56 Å². The molecular weight excluding hydrogens is 300 g/mol. The number of Topliss-reactive ketones (excluding diaryl/α,β-unsaturated/α-hetero) is 1. The molecule has 2 N–H and O–H groups in total. The maximum Gasteiger partial charge on any atom is 0.195 e. The van der Waals surface area contributed by atoms with Crippen LogP contribution in [0.15, 0.2) is 41.5 Å². The van der Waals surface area contributed by atoms with Crippen molar-refractivity contribution in [3.63, 3.8) is 0 Å². The molecule has 0 saturated carbocycles. The van der Waals surface area contributed by atoms with E-state index in [-0.39, 0.29) is 35.9 Å². The zero-order valence-corrected chi connectivity index (χ0v) is 12.8. The van der Waals surface area contributed by atoms with Gasteiger partial charge in [-0.25, -0.2) is 0 Å². The molecule has 0 amide bonds. The van der Waals surface area contributed by atoms with Crippen molar-refractivity contribution >= 4 is 16.7 Å². The summed E-state index contributed by atoms with van der Waals surface area (Å²) in [6, 6.07) is 12.0. The number of allylic oxidation sites excluding steroid dienone is 1. The number of benzene rings is 1. The molecule has 0 aromatic heterocycles. The highest BCUT2D eigenvalue weighted by Gasteiger charge is 2.27. The smallest absolute Gasteiger partial charge is 0.195 e. The van der Waals surface area contributed by atoms with Crippen LogP contribution in [-0.2, 0) is 10.9 Å². The Morgan fingerprint density at radius 1 is 1.05 bits per heavy atom. The number of aliphatic hydroxyl groups excluding tert-OH is 2. The lowest BCUT2D eigenvalue weighted by atomic mass is 10.0. The van der Waals surface area contributed by atoms with Crippen molar-refractivity contribution in [1.82, 2.24) is 0 Å². The van der Waals surface area contributed by atoms with Crippen molar-refractivity contribution in [3.8, 4) is 12.1 Å². The van der Waals surface area contributed by atoms with Crippen LogP contribution < -0.4 is 0 Å². The average molecular weight is 317 g/mol. The highest BCUT2D eigenvalue weighted by Crippen LogP contribution is 2.16. The largest absolute Gasteiger partial charge is 0.391 e. The average Bonchev–Trinajstić information content (AvgIpc) is 2.55. The van der Waals surface area contributed by atoms with Crippen molar-refractivity contribution in [2.45, 2.75) is 0 Å². The van der Waals surface area contributed by atoms with Gasteiger partial charge in [0.25, 0.3) is 0 Å². The fourth-order valence-electron chi connectivity index (χ4n) is 1.88. The molecule has 1 aromatic rings. The van der Waals surface area contributed by atoms with Gasteiger partial charge >= 0.3 is 0 Å². The Hall–Kier alpha value is -2.12. The molecule has 0 radical (unpaired) electrons. The minimum Gasteiger partial charge on any atom is -0.391 e. The number of nitrogens with zero attached hydrogens (tertiary/aromatic N) is 2. The van der Waals surface area contributed by atoms with E-state index >= 15 is 0 Å². The van der Waals surface area contributed by atoms with Gasteiger partial charge in [-0.2, -0.15) is 10.5 Å². The molecule has 0 atom stereocenters. The summed E-state index contributed by atoms with van der Waals surface area (Å²) < 4.78 is 0. The lowest BCUT2D eigenvalue weighted by Crippen LogP contribution is -2.25. The minimum absolute atomic E-state index is 0.0651. The number of hydrogen-bond acceptors (Lipinski definition) is 5. The Labute approximate surface area is 132 Å². The maximum absolute atomic E-state index is 12.6. The summed E-state index contributed by atoms with van der Waals surface area (Å²) >= 11 is 0. The second-order valence-electron chi connectivity index (χ2n) is 4.38. The Morgan fingerprint density at radius 3 is 2.05 bits per heavy atom. The third kappa shape index (κ3) is 5.01. The molecule has 1 rings (SSSR count). The monoisotopic (exact) mass is 317 g/mol. The predicted octanol–water partition coefficient (Wildman–Crippen LogP) is 0.816. The Bertz CT molecular complexity index is 593. The third-order valence-electron chi connectivity index (χ3n) is 2.94. The summed E-state index contributed by atoms with van der Waals surface area (Å²) in [5.41, 5.74) is 0.362. The third-order valence-corrected chi connectivity index (χ3v) is 5.16. The molecule has 0 saturated heterocycles. The number of aliphatic hydroxyl groups is 2. The molecule has 0 aliphatic carbocycles. The molecule has 0 bridgehead atoms. The molecule has 0 heterocycles. The van der Waals surface area contributed by atoms with Crippen LogP contribution in [0.3, 0.4) is 0 Å². The molecule has 0 fully saturated rings. The van der Waals surface area contributed by atoms with Crippen LogP contribution >= 0.6 is 0 Å². The Kier molecular flexibility index (Phi) is 7.95. The topological polar surface area (TPSA) is 105 Å². The van der Waals surface area contributed by atoms with Crippen LogP contribution in [0.1, 0.15) is 10.4 Å². The zero-order chi connectivity index (χ0) is 16.4. The van der Waals surface area contributed by atoms with Crippen LogP contribution in [0.5, 0.6) is 0 Å². The van der Waals surface area contributed by atoms with E-state index in [0.717, 1.165) is 0 Å². The zero-order valence-electron chi connectivity index (χ0n) is 12.0. The van der Waals surface area contributed by atoms with Gasteiger partial charge in [0.05, 0.1) is 18.8 Å². The number of hydrogen-bond donors (Lipinski definition) is 2.